The van der Waals surface area contributed by atoms with Gasteiger partial charge in [-0.3, -0.25) is 19.3 Å². The molecule has 33 heavy (non-hydrogen) atoms. The van der Waals surface area contributed by atoms with Crippen molar-refractivity contribution in [1.29, 1.82) is 0 Å². The van der Waals surface area contributed by atoms with Crippen molar-refractivity contribution in [1.82, 2.24) is 15.5 Å². The van der Waals surface area contributed by atoms with E-state index < -0.39 is 47.9 Å². The maximum atomic E-state index is 13.4. The lowest BCUT2D eigenvalue weighted by Crippen LogP contribution is -2.52. The van der Waals surface area contributed by atoms with E-state index in [0.29, 0.717) is 12.1 Å². The number of terminal acetylenes is 1. The van der Waals surface area contributed by atoms with Gasteiger partial charge < -0.3 is 21.1 Å². The Morgan fingerprint density at radius 2 is 1.79 bits per heavy atom. The Kier molecular flexibility index (Phi) is 10.4. The topological polar surface area (TPSA) is 131 Å². The van der Waals surface area contributed by atoms with E-state index in [-0.39, 0.29) is 0 Å². The molecule has 0 saturated carbocycles. The van der Waals surface area contributed by atoms with Gasteiger partial charge in [-0.1, -0.05) is 49.6 Å². The molecule has 4 N–H and O–H groups in total. The van der Waals surface area contributed by atoms with Crippen molar-refractivity contribution >= 4 is 23.8 Å². The number of benzene rings is 1. The van der Waals surface area contributed by atoms with E-state index in [1.54, 1.807) is 45.0 Å². The van der Waals surface area contributed by atoms with Crippen LogP contribution in [0.5, 0.6) is 0 Å². The first-order chi connectivity index (χ1) is 15.4. The van der Waals surface area contributed by atoms with E-state index >= 15 is 0 Å². The number of amides is 4. The quantitative estimate of drug-likeness (QED) is 0.281. The van der Waals surface area contributed by atoms with Crippen LogP contribution in [0.3, 0.4) is 0 Å². The zero-order chi connectivity index (χ0) is 25.2. The van der Waals surface area contributed by atoms with Crippen LogP contribution in [0.25, 0.3) is 0 Å². The number of rotatable bonds is 10. The number of unbranched alkanes of at least 4 members (excludes halogenated alkanes) is 1. The number of carbonyl (C=O) groups is 4. The maximum absolute atomic E-state index is 13.4. The number of hydrogen-bond acceptors (Lipinski definition) is 5. The first kappa shape index (κ1) is 27.5. The van der Waals surface area contributed by atoms with Crippen molar-refractivity contribution in [2.75, 3.05) is 6.54 Å². The van der Waals surface area contributed by atoms with Crippen LogP contribution in [0.2, 0.25) is 0 Å². The van der Waals surface area contributed by atoms with Crippen molar-refractivity contribution in [2.24, 2.45) is 5.73 Å². The van der Waals surface area contributed by atoms with E-state index in [4.69, 9.17) is 16.9 Å². The highest BCUT2D eigenvalue weighted by Gasteiger charge is 2.36. The highest BCUT2D eigenvalue weighted by atomic mass is 16.6. The van der Waals surface area contributed by atoms with Crippen molar-refractivity contribution in [3.63, 3.8) is 0 Å². The highest BCUT2D eigenvalue weighted by molar-refractivity contribution is 5.95. The van der Waals surface area contributed by atoms with Crippen LogP contribution < -0.4 is 16.4 Å². The molecule has 2 unspecified atom stereocenters. The van der Waals surface area contributed by atoms with Crippen molar-refractivity contribution in [3.05, 3.63) is 35.4 Å². The van der Waals surface area contributed by atoms with Gasteiger partial charge in [0.25, 0.3) is 5.91 Å². The molecule has 0 aliphatic heterocycles. The van der Waals surface area contributed by atoms with E-state index in [1.165, 1.54) is 0 Å². The molecule has 0 bridgehead atoms. The number of hydrogen-bond donors (Lipinski definition) is 3. The molecular formula is C24H34N4O5. The fourth-order valence-corrected chi connectivity index (χ4v) is 2.94. The lowest BCUT2D eigenvalue weighted by atomic mass is 10.0. The Bertz CT molecular complexity index is 884. The van der Waals surface area contributed by atoms with E-state index in [0.717, 1.165) is 23.3 Å². The summed E-state index contributed by atoms with van der Waals surface area (Å²) in [6.07, 6.45) is 5.83. The summed E-state index contributed by atoms with van der Waals surface area (Å²) in [6, 6.07) is 6.63. The third-order valence-electron chi connectivity index (χ3n) is 4.50. The summed E-state index contributed by atoms with van der Waals surface area (Å²) in [4.78, 5) is 51.2. The molecule has 4 amide bonds. The number of carbonyl (C=O) groups excluding carboxylic acids is 4. The Morgan fingerprint density at radius 1 is 1.18 bits per heavy atom. The molecule has 1 rings (SSSR count). The number of primary amides is 1. The molecule has 0 saturated heterocycles. The summed E-state index contributed by atoms with van der Waals surface area (Å²) < 4.78 is 5.18. The average molecular weight is 459 g/mol. The predicted octanol–water partition coefficient (Wildman–Crippen LogP) is 2.14. The Hall–Kier alpha value is -3.54. The molecule has 180 valence electrons. The van der Waals surface area contributed by atoms with E-state index in [1.807, 2.05) is 13.8 Å². The lowest BCUT2D eigenvalue weighted by molar-refractivity contribution is -0.139. The predicted molar refractivity (Wildman–Crippen MR) is 124 cm³/mol. The van der Waals surface area contributed by atoms with Gasteiger partial charge in [0.05, 0.1) is 6.42 Å². The van der Waals surface area contributed by atoms with Crippen LogP contribution in [0.4, 0.5) is 4.79 Å². The second-order valence-electron chi connectivity index (χ2n) is 8.66. The van der Waals surface area contributed by atoms with Crippen molar-refractivity contribution < 1.29 is 23.9 Å². The molecule has 9 heteroatoms. The van der Waals surface area contributed by atoms with Crippen LogP contribution in [0, 0.1) is 19.4 Å². The number of nitrogens with two attached hydrogens (primary N) is 1. The number of aryl methyl sites for hydroxylation is 1. The second-order valence-corrected chi connectivity index (χ2v) is 8.66. The van der Waals surface area contributed by atoms with Crippen LogP contribution in [-0.4, -0.2) is 46.9 Å². The number of alkyl carbamates (subject to hydrolysis) is 1. The smallest absolute Gasteiger partial charge is 0.408 e. The van der Waals surface area contributed by atoms with Crippen molar-refractivity contribution in [3.8, 4) is 12.5 Å². The first-order valence-electron chi connectivity index (χ1n) is 10.8. The van der Waals surface area contributed by atoms with Crippen LogP contribution in [-0.2, 0) is 19.1 Å². The van der Waals surface area contributed by atoms with Crippen LogP contribution >= 0.6 is 0 Å². The summed E-state index contributed by atoms with van der Waals surface area (Å²) in [7, 11) is 0. The average Bonchev–Trinajstić information content (AvgIpc) is 2.70. The summed E-state index contributed by atoms with van der Waals surface area (Å²) in [5.41, 5.74) is 5.90. The molecule has 9 nitrogen and oxygen atoms in total. The minimum absolute atomic E-state index is 0.408. The van der Waals surface area contributed by atoms with Gasteiger partial charge in [-0.05, 0) is 39.7 Å². The molecule has 1 aromatic rings. The zero-order valence-electron chi connectivity index (χ0n) is 19.9. The SMILES string of the molecule is C#CN(C(=O)C(CC(N)=O)NC(=O)OC(C)(C)C)C(C(=O)NCCCC)c1ccc(C)cc1. The summed E-state index contributed by atoms with van der Waals surface area (Å²) in [5.74, 6) is -2.15. The minimum Gasteiger partial charge on any atom is -0.444 e. The van der Waals surface area contributed by atoms with Crippen LogP contribution in [0.1, 0.15) is 64.1 Å². The number of nitrogens with zero attached hydrogens (tertiary/aromatic N) is 1. The van der Waals surface area contributed by atoms with Gasteiger partial charge in [-0.15, -0.1) is 0 Å². The summed E-state index contributed by atoms with van der Waals surface area (Å²) in [5, 5.41) is 5.13. The standard InChI is InChI=1S/C24H34N4O5/c1-7-9-14-26-21(30)20(17-12-10-16(3)11-13-17)28(8-2)22(31)18(15-19(25)29)27-23(32)33-24(4,5)6/h2,10-13,18,20H,7,9,14-15H2,1,3-6H3,(H2,25,29)(H,26,30)(H,27,32). The van der Waals surface area contributed by atoms with Crippen molar-refractivity contribution in [2.45, 2.75) is 71.6 Å². The van der Waals surface area contributed by atoms with E-state index in [2.05, 4.69) is 16.7 Å². The van der Waals surface area contributed by atoms with Gasteiger partial charge in [0, 0.05) is 12.6 Å². The molecule has 1 aromatic carbocycles. The maximum Gasteiger partial charge on any atom is 0.408 e. The third kappa shape index (κ3) is 9.23. The van der Waals surface area contributed by atoms with Gasteiger partial charge in [0.15, 0.2) is 0 Å². The fraction of sp³-hybridized carbons (Fsp3) is 0.500. The Balaban J connectivity index is 3.30. The molecule has 0 radical (unpaired) electrons. The third-order valence-corrected chi connectivity index (χ3v) is 4.50. The molecule has 0 aliphatic carbocycles. The number of ether oxygens (including phenoxy) is 1. The molecule has 0 aliphatic rings. The molecule has 0 aromatic heterocycles. The largest absolute Gasteiger partial charge is 0.444 e. The Morgan fingerprint density at radius 3 is 2.27 bits per heavy atom. The van der Waals surface area contributed by atoms with Crippen LogP contribution in [0.15, 0.2) is 24.3 Å². The van der Waals surface area contributed by atoms with Gasteiger partial charge in [-0.2, -0.15) is 0 Å². The van der Waals surface area contributed by atoms with E-state index in [9.17, 15) is 19.2 Å². The molecule has 0 fully saturated rings. The summed E-state index contributed by atoms with van der Waals surface area (Å²) in [6.45, 7) is 9.23. The Labute approximate surface area is 195 Å². The monoisotopic (exact) mass is 458 g/mol. The van der Waals surface area contributed by atoms with Gasteiger partial charge >= 0.3 is 6.09 Å². The molecule has 2 atom stereocenters. The highest BCUT2D eigenvalue weighted by Crippen LogP contribution is 2.23. The van der Waals surface area contributed by atoms with Gasteiger partial charge in [0.1, 0.15) is 17.7 Å². The molecule has 0 spiro atoms. The van der Waals surface area contributed by atoms with Gasteiger partial charge in [0.2, 0.25) is 11.8 Å². The normalized spacial score (nSPS) is 12.6. The molecule has 0 heterocycles. The van der Waals surface area contributed by atoms with Gasteiger partial charge in [-0.25, -0.2) is 4.79 Å². The fourth-order valence-electron chi connectivity index (χ4n) is 2.94. The summed E-state index contributed by atoms with van der Waals surface area (Å²) >= 11 is 0. The minimum atomic E-state index is -1.41. The number of nitrogens with one attached hydrogen (secondary N) is 2. The second kappa shape index (κ2) is 12.5. The molecular weight excluding hydrogens is 424 g/mol. The first-order valence-corrected chi connectivity index (χ1v) is 10.8. The lowest BCUT2D eigenvalue weighted by Gasteiger charge is -2.30. The zero-order valence-corrected chi connectivity index (χ0v) is 19.9.